The van der Waals surface area contributed by atoms with Crippen LogP contribution in [0.25, 0.3) is 10.8 Å². The predicted molar refractivity (Wildman–Crippen MR) is 84.2 cm³/mol. The maximum atomic E-state index is 4.34. The van der Waals surface area contributed by atoms with Crippen LogP contribution in [0.3, 0.4) is 0 Å². The van der Waals surface area contributed by atoms with E-state index in [1.165, 1.54) is 23.6 Å². The topological polar surface area (TPSA) is 42.7 Å². The first kappa shape index (κ1) is 12.4. The van der Waals surface area contributed by atoms with Crippen LogP contribution in [-0.2, 0) is 19.5 Å². The smallest absolute Gasteiger partial charge is 0.152 e. The van der Waals surface area contributed by atoms with Crippen LogP contribution < -0.4 is 5.32 Å². The van der Waals surface area contributed by atoms with Gasteiger partial charge >= 0.3 is 0 Å². The van der Waals surface area contributed by atoms with Gasteiger partial charge in [-0.05, 0) is 24.3 Å². The largest absolute Gasteiger partial charge is 0.377 e. The summed E-state index contributed by atoms with van der Waals surface area (Å²) in [6.07, 6.45) is 3.52. The molecule has 1 aliphatic heterocycles. The Morgan fingerprint density at radius 2 is 1.90 bits per heavy atom. The Labute approximate surface area is 123 Å². The van der Waals surface area contributed by atoms with Gasteiger partial charge in [-0.2, -0.15) is 0 Å². The number of nitrogens with zero attached hydrogens (tertiary/aromatic N) is 3. The highest BCUT2D eigenvalue weighted by Gasteiger charge is 2.15. The van der Waals surface area contributed by atoms with E-state index in [1.54, 1.807) is 0 Å². The number of nitrogens with one attached hydrogen (secondary N) is 1. The molecule has 1 aromatic heterocycles. The summed E-state index contributed by atoms with van der Waals surface area (Å²) in [6.45, 7) is 1.77. The number of hydrogen-bond acceptors (Lipinski definition) is 3. The summed E-state index contributed by atoms with van der Waals surface area (Å²) in [5.41, 5.74) is 1.15. The minimum absolute atomic E-state index is 0.723. The van der Waals surface area contributed by atoms with Gasteiger partial charge in [0.1, 0.15) is 5.82 Å². The molecule has 0 atom stereocenters. The highest BCUT2D eigenvalue weighted by atomic mass is 15.3. The standard InChI is InChI=1S/C17H18N4/c1-2-8-14-13(6-1)7-5-9-15(14)18-12-17-20-19-16-10-3-4-11-21(16)17/h1-2,5-9,18H,3-4,10-12H2. The molecule has 0 radical (unpaired) electrons. The van der Waals surface area contributed by atoms with E-state index in [9.17, 15) is 0 Å². The number of benzene rings is 2. The maximum absolute atomic E-state index is 4.34. The average Bonchev–Trinajstić information content (AvgIpc) is 2.96. The number of aryl methyl sites for hydroxylation is 1. The molecule has 0 spiro atoms. The molecular weight excluding hydrogens is 260 g/mol. The summed E-state index contributed by atoms with van der Waals surface area (Å²) in [4.78, 5) is 0. The summed E-state index contributed by atoms with van der Waals surface area (Å²) in [5, 5.41) is 14.7. The van der Waals surface area contributed by atoms with Crippen molar-refractivity contribution in [3.63, 3.8) is 0 Å². The van der Waals surface area contributed by atoms with E-state index in [2.05, 4.69) is 62.5 Å². The SMILES string of the molecule is c1ccc2c(NCc3nnc4n3CCCC4)cccc2c1. The van der Waals surface area contributed by atoms with Crippen LogP contribution in [0, 0.1) is 0 Å². The first-order chi connectivity index (χ1) is 10.4. The Morgan fingerprint density at radius 3 is 2.90 bits per heavy atom. The van der Waals surface area contributed by atoms with Crippen molar-refractivity contribution in [3.05, 3.63) is 54.1 Å². The molecule has 4 heteroatoms. The lowest BCUT2D eigenvalue weighted by Crippen LogP contribution is -2.15. The fourth-order valence-corrected chi connectivity index (χ4v) is 3.05. The van der Waals surface area contributed by atoms with Crippen LogP contribution in [0.5, 0.6) is 0 Å². The fourth-order valence-electron chi connectivity index (χ4n) is 3.05. The van der Waals surface area contributed by atoms with E-state index in [0.29, 0.717) is 0 Å². The molecule has 0 saturated carbocycles. The van der Waals surface area contributed by atoms with Gasteiger partial charge in [0, 0.05) is 24.0 Å². The van der Waals surface area contributed by atoms with Gasteiger partial charge in [0.25, 0.3) is 0 Å². The Morgan fingerprint density at radius 1 is 1.00 bits per heavy atom. The number of anilines is 1. The van der Waals surface area contributed by atoms with E-state index in [-0.39, 0.29) is 0 Å². The van der Waals surface area contributed by atoms with Gasteiger partial charge in [0.2, 0.25) is 0 Å². The Bertz CT molecular complexity index is 770. The van der Waals surface area contributed by atoms with Crippen molar-refractivity contribution in [2.75, 3.05) is 5.32 Å². The van der Waals surface area contributed by atoms with Crippen molar-refractivity contribution in [1.29, 1.82) is 0 Å². The van der Waals surface area contributed by atoms with E-state index < -0.39 is 0 Å². The molecule has 2 heterocycles. The Balaban J connectivity index is 1.60. The van der Waals surface area contributed by atoms with Crippen LogP contribution in [-0.4, -0.2) is 14.8 Å². The van der Waals surface area contributed by atoms with Crippen molar-refractivity contribution in [3.8, 4) is 0 Å². The third-order valence-electron chi connectivity index (χ3n) is 4.16. The third-order valence-corrected chi connectivity index (χ3v) is 4.16. The second kappa shape index (κ2) is 5.20. The minimum atomic E-state index is 0.723. The third kappa shape index (κ3) is 2.27. The molecule has 2 aromatic carbocycles. The van der Waals surface area contributed by atoms with Gasteiger partial charge in [-0.15, -0.1) is 10.2 Å². The molecule has 4 nitrogen and oxygen atoms in total. The average molecular weight is 278 g/mol. The summed E-state index contributed by atoms with van der Waals surface area (Å²) in [5.74, 6) is 2.17. The van der Waals surface area contributed by atoms with Crippen molar-refractivity contribution in [2.24, 2.45) is 0 Å². The van der Waals surface area contributed by atoms with Crippen molar-refractivity contribution in [1.82, 2.24) is 14.8 Å². The van der Waals surface area contributed by atoms with Crippen LogP contribution in [0.15, 0.2) is 42.5 Å². The first-order valence-corrected chi connectivity index (χ1v) is 7.54. The lowest BCUT2D eigenvalue weighted by atomic mass is 10.1. The molecule has 106 valence electrons. The van der Waals surface area contributed by atoms with Crippen LogP contribution in [0.2, 0.25) is 0 Å². The van der Waals surface area contributed by atoms with Crippen LogP contribution >= 0.6 is 0 Å². The summed E-state index contributed by atoms with van der Waals surface area (Å²) < 4.78 is 2.27. The van der Waals surface area contributed by atoms with E-state index in [0.717, 1.165) is 36.8 Å². The molecule has 4 rings (SSSR count). The molecule has 0 saturated heterocycles. The van der Waals surface area contributed by atoms with Gasteiger partial charge in [-0.25, -0.2) is 0 Å². The fraction of sp³-hybridized carbons (Fsp3) is 0.294. The van der Waals surface area contributed by atoms with E-state index in [4.69, 9.17) is 0 Å². The summed E-state index contributed by atoms with van der Waals surface area (Å²) >= 11 is 0. The van der Waals surface area contributed by atoms with Crippen molar-refractivity contribution < 1.29 is 0 Å². The van der Waals surface area contributed by atoms with Crippen molar-refractivity contribution >= 4 is 16.5 Å². The molecule has 1 aliphatic rings. The second-order valence-electron chi connectivity index (χ2n) is 5.52. The lowest BCUT2D eigenvalue weighted by molar-refractivity contribution is 0.510. The number of aromatic nitrogens is 3. The van der Waals surface area contributed by atoms with Gasteiger partial charge < -0.3 is 9.88 Å². The highest BCUT2D eigenvalue weighted by molar-refractivity contribution is 5.93. The Hall–Kier alpha value is -2.36. The quantitative estimate of drug-likeness (QED) is 0.798. The molecule has 0 amide bonds. The van der Waals surface area contributed by atoms with Gasteiger partial charge in [0.05, 0.1) is 6.54 Å². The zero-order chi connectivity index (χ0) is 14.1. The normalized spacial score (nSPS) is 14.1. The van der Waals surface area contributed by atoms with Crippen LogP contribution in [0.1, 0.15) is 24.5 Å². The molecule has 0 fully saturated rings. The molecule has 3 aromatic rings. The van der Waals surface area contributed by atoms with Crippen molar-refractivity contribution in [2.45, 2.75) is 32.4 Å². The molecule has 0 bridgehead atoms. The second-order valence-corrected chi connectivity index (χ2v) is 5.52. The van der Waals surface area contributed by atoms with E-state index >= 15 is 0 Å². The first-order valence-electron chi connectivity index (χ1n) is 7.54. The maximum Gasteiger partial charge on any atom is 0.152 e. The molecule has 21 heavy (non-hydrogen) atoms. The van der Waals surface area contributed by atoms with Gasteiger partial charge in [-0.3, -0.25) is 0 Å². The molecule has 0 unspecified atom stereocenters. The lowest BCUT2D eigenvalue weighted by Gasteiger charge is -2.15. The minimum Gasteiger partial charge on any atom is -0.377 e. The molecular formula is C17H18N4. The number of rotatable bonds is 3. The summed E-state index contributed by atoms with van der Waals surface area (Å²) in [6, 6.07) is 14.8. The highest BCUT2D eigenvalue weighted by Crippen LogP contribution is 2.23. The molecule has 1 N–H and O–H groups in total. The molecule has 0 aliphatic carbocycles. The number of fused-ring (bicyclic) bond motifs is 2. The zero-order valence-electron chi connectivity index (χ0n) is 11.9. The van der Waals surface area contributed by atoms with Gasteiger partial charge in [0.15, 0.2) is 5.82 Å². The zero-order valence-corrected chi connectivity index (χ0v) is 11.9. The number of hydrogen-bond donors (Lipinski definition) is 1. The Kier molecular flexibility index (Phi) is 3.07. The predicted octanol–water partition coefficient (Wildman–Crippen LogP) is 3.38. The summed E-state index contributed by atoms with van der Waals surface area (Å²) in [7, 11) is 0. The van der Waals surface area contributed by atoms with Gasteiger partial charge in [-0.1, -0.05) is 36.4 Å². The monoisotopic (exact) mass is 278 g/mol. The van der Waals surface area contributed by atoms with Crippen LogP contribution in [0.4, 0.5) is 5.69 Å². The van der Waals surface area contributed by atoms with E-state index in [1.807, 2.05) is 0 Å².